The van der Waals surface area contributed by atoms with E-state index in [9.17, 15) is 32.7 Å². The molecule has 0 bridgehead atoms. The van der Waals surface area contributed by atoms with Gasteiger partial charge in [0, 0.05) is 24.3 Å². The van der Waals surface area contributed by atoms with E-state index >= 15 is 0 Å². The number of hydrogen-bond acceptors (Lipinski definition) is 10. The maximum absolute atomic E-state index is 13.3. The van der Waals surface area contributed by atoms with Gasteiger partial charge in [-0.1, -0.05) is 41.6 Å². The molecule has 2 heterocycles. The van der Waals surface area contributed by atoms with E-state index in [2.05, 4.69) is 9.71 Å². The molecule has 0 spiro atoms. The number of ketones is 1. The van der Waals surface area contributed by atoms with Crippen LogP contribution in [0.4, 0.5) is 0 Å². The fourth-order valence-corrected chi connectivity index (χ4v) is 8.81. The Morgan fingerprint density at radius 2 is 1.75 bits per heavy atom. The highest BCUT2D eigenvalue weighted by molar-refractivity contribution is 8.01. The number of fused-ring (bicyclic) bond motifs is 2. The van der Waals surface area contributed by atoms with Crippen molar-refractivity contribution in [2.45, 2.75) is 45.9 Å². The molecule has 0 radical (unpaired) electrons. The van der Waals surface area contributed by atoms with Crippen molar-refractivity contribution in [2.75, 3.05) is 13.7 Å². The topological polar surface area (TPSA) is 160 Å². The number of benzene rings is 3. The molecule has 4 aromatic rings. The summed E-state index contributed by atoms with van der Waals surface area (Å²) in [5.74, 6) is -1.68. The van der Waals surface area contributed by atoms with Crippen LogP contribution in [0.15, 0.2) is 104 Å². The second kappa shape index (κ2) is 13.8. The molecule has 14 heteroatoms. The predicted molar refractivity (Wildman–Crippen MR) is 180 cm³/mol. The number of thiazole rings is 1. The van der Waals surface area contributed by atoms with E-state index in [4.69, 9.17) is 4.74 Å². The van der Waals surface area contributed by atoms with Crippen LogP contribution in [0, 0.1) is 0 Å². The van der Waals surface area contributed by atoms with E-state index in [0.717, 1.165) is 16.2 Å². The van der Waals surface area contributed by atoms with Crippen molar-refractivity contribution in [2.24, 2.45) is 0 Å². The Labute approximate surface area is 284 Å². The van der Waals surface area contributed by atoms with E-state index in [1.807, 2.05) is 24.3 Å². The van der Waals surface area contributed by atoms with Gasteiger partial charge >= 0.3 is 5.97 Å². The molecule has 2 amide bonds. The predicted octanol–water partition coefficient (Wildman–Crippen LogP) is 5.48. The molecule has 2 aliphatic rings. The summed E-state index contributed by atoms with van der Waals surface area (Å²) in [6.45, 7) is 0.202. The van der Waals surface area contributed by atoms with Crippen LogP contribution in [0.25, 0.3) is 10.2 Å². The minimum Gasteiger partial charge on any atom is -0.497 e. The Morgan fingerprint density at radius 1 is 1.04 bits per heavy atom. The number of carboxylic acids is 1. The largest absolute Gasteiger partial charge is 0.497 e. The summed E-state index contributed by atoms with van der Waals surface area (Å²) in [4.78, 5) is 56.9. The molecule has 1 atom stereocenters. The Hall–Kier alpha value is -4.63. The van der Waals surface area contributed by atoms with Crippen molar-refractivity contribution in [1.82, 2.24) is 14.6 Å². The Bertz CT molecular complexity index is 2090. The third kappa shape index (κ3) is 7.11. The molecular formula is C34H29N3O8S3. The average molecular weight is 704 g/mol. The van der Waals surface area contributed by atoms with Gasteiger partial charge in [-0.05, 0) is 73.0 Å². The number of carbonyl (C=O) groups is 4. The summed E-state index contributed by atoms with van der Waals surface area (Å²) in [5, 5.41) is 9.87. The lowest BCUT2D eigenvalue weighted by Crippen LogP contribution is -2.41. The van der Waals surface area contributed by atoms with Crippen LogP contribution >= 0.6 is 23.1 Å². The van der Waals surface area contributed by atoms with E-state index in [-0.39, 0.29) is 47.5 Å². The zero-order valence-electron chi connectivity index (χ0n) is 25.5. The van der Waals surface area contributed by atoms with Crippen molar-refractivity contribution >= 4 is 66.9 Å². The number of carboxylic acid groups (broad SMARTS) is 1. The van der Waals surface area contributed by atoms with Gasteiger partial charge in [0.15, 0.2) is 10.1 Å². The minimum atomic E-state index is -4.27. The first kappa shape index (κ1) is 33.3. The third-order valence-electron chi connectivity index (χ3n) is 7.96. The lowest BCUT2D eigenvalue weighted by atomic mass is 9.91. The van der Waals surface area contributed by atoms with Crippen LogP contribution < -0.4 is 9.46 Å². The molecule has 0 saturated heterocycles. The molecule has 6 rings (SSSR count). The lowest BCUT2D eigenvalue weighted by molar-refractivity contribution is -0.138. The Balaban J connectivity index is 1.08. The smallest absolute Gasteiger partial charge is 0.322 e. The number of hydrogen-bond donors (Lipinski definition) is 2. The molecule has 0 unspecified atom stereocenters. The minimum absolute atomic E-state index is 0.0337. The van der Waals surface area contributed by atoms with E-state index in [1.165, 1.54) is 46.2 Å². The standard InChI is InChI=1S/C34H29N3O8S3/c1-45-22-10-12-23(13-11-22)46-34-35-27-15-14-24(19-30(27)47-34)48(43,44)36-28(33(41)42)18-21-9-8-20(17-29(21)38)5-4-16-37-31(39)25-6-2-3-7-26(25)32(37)40/h2-3,6-15,19,28,36H,4-5,16-18H2,1H3,(H,41,42)/t28-/m1/s1. The van der Waals surface area contributed by atoms with E-state index < -0.39 is 22.0 Å². The van der Waals surface area contributed by atoms with Crippen molar-refractivity contribution in [3.05, 3.63) is 101 Å². The number of allylic oxidation sites excluding steroid dienone is 3. The number of nitrogens with one attached hydrogen (secondary N) is 1. The van der Waals surface area contributed by atoms with Crippen LogP contribution in [0.2, 0.25) is 0 Å². The van der Waals surface area contributed by atoms with Gasteiger partial charge in [-0.15, -0.1) is 11.3 Å². The first-order chi connectivity index (χ1) is 23.0. The maximum Gasteiger partial charge on any atom is 0.322 e. The molecule has 1 aromatic heterocycles. The van der Waals surface area contributed by atoms with Gasteiger partial charge in [0.05, 0.1) is 33.3 Å². The molecule has 1 aliphatic carbocycles. The number of ether oxygens (including phenoxy) is 1. The SMILES string of the molecule is COc1ccc(Sc2nc3ccc(S(=O)(=O)N[C@H](CC4=CC=C(CCCN5C(=O)c6ccccc6C5=O)CC4=O)C(=O)O)cc3s2)cc1. The van der Waals surface area contributed by atoms with Gasteiger partial charge in [0.1, 0.15) is 11.8 Å². The molecule has 11 nitrogen and oxygen atoms in total. The molecule has 2 N–H and O–H groups in total. The highest BCUT2D eigenvalue weighted by atomic mass is 32.2. The summed E-state index contributed by atoms with van der Waals surface area (Å²) >= 11 is 2.74. The van der Waals surface area contributed by atoms with Gasteiger partial charge < -0.3 is 9.84 Å². The quantitative estimate of drug-likeness (QED) is 0.171. The number of sulfonamides is 1. The number of aliphatic carboxylic acids is 1. The summed E-state index contributed by atoms with van der Waals surface area (Å²) in [6.07, 6.45) is 3.84. The second-order valence-electron chi connectivity index (χ2n) is 11.1. The van der Waals surface area contributed by atoms with Crippen LogP contribution in [-0.4, -0.2) is 66.7 Å². The molecule has 0 saturated carbocycles. The Kier molecular flexibility index (Phi) is 9.60. The highest BCUT2D eigenvalue weighted by Crippen LogP contribution is 2.36. The normalized spacial score (nSPS) is 15.4. The van der Waals surface area contributed by atoms with Crippen LogP contribution in [-0.2, 0) is 19.6 Å². The summed E-state index contributed by atoms with van der Waals surface area (Å²) in [6, 6.07) is 16.9. The molecule has 1 aliphatic heterocycles. The second-order valence-corrected chi connectivity index (χ2v) is 15.2. The first-order valence-electron chi connectivity index (χ1n) is 14.9. The molecule has 3 aromatic carbocycles. The van der Waals surface area contributed by atoms with E-state index in [1.54, 1.807) is 43.5 Å². The van der Waals surface area contributed by atoms with Crippen molar-refractivity contribution in [1.29, 1.82) is 0 Å². The number of Topliss-reactive ketones (excluding diaryl/α,β-unsaturated/α-hetero) is 1. The fraction of sp³-hybridized carbons (Fsp3) is 0.206. The number of methoxy groups -OCH3 is 1. The number of aromatic nitrogens is 1. The average Bonchev–Trinajstić information content (AvgIpc) is 3.58. The molecule has 246 valence electrons. The third-order valence-corrected chi connectivity index (χ3v) is 11.5. The lowest BCUT2D eigenvalue weighted by Gasteiger charge is -2.19. The Morgan fingerprint density at radius 3 is 2.40 bits per heavy atom. The number of carbonyl (C=O) groups excluding carboxylic acids is 3. The number of amides is 2. The number of nitrogens with zero attached hydrogens (tertiary/aromatic N) is 2. The highest BCUT2D eigenvalue weighted by Gasteiger charge is 2.35. The fourth-order valence-electron chi connectivity index (χ4n) is 5.44. The zero-order valence-corrected chi connectivity index (χ0v) is 28.0. The molecule has 0 fully saturated rings. The van der Waals surface area contributed by atoms with Crippen LogP contribution in [0.1, 0.15) is 46.4 Å². The monoisotopic (exact) mass is 703 g/mol. The van der Waals surface area contributed by atoms with Crippen molar-refractivity contribution in [3.8, 4) is 5.75 Å². The van der Waals surface area contributed by atoms with Crippen LogP contribution in [0.5, 0.6) is 5.75 Å². The van der Waals surface area contributed by atoms with Gasteiger partial charge in [0.2, 0.25) is 10.0 Å². The number of imide groups is 1. The van der Waals surface area contributed by atoms with Crippen molar-refractivity contribution < 1.29 is 37.4 Å². The molecular weight excluding hydrogens is 675 g/mol. The summed E-state index contributed by atoms with van der Waals surface area (Å²) in [5.41, 5.74) is 2.32. The van der Waals surface area contributed by atoms with Gasteiger partial charge in [-0.2, -0.15) is 4.72 Å². The summed E-state index contributed by atoms with van der Waals surface area (Å²) < 4.78 is 35.3. The van der Waals surface area contributed by atoms with E-state index in [0.29, 0.717) is 38.5 Å². The number of rotatable bonds is 13. The first-order valence-corrected chi connectivity index (χ1v) is 18.0. The van der Waals surface area contributed by atoms with Gasteiger partial charge in [-0.25, -0.2) is 13.4 Å². The van der Waals surface area contributed by atoms with Crippen LogP contribution in [0.3, 0.4) is 0 Å². The van der Waals surface area contributed by atoms with Gasteiger partial charge in [0.25, 0.3) is 11.8 Å². The zero-order chi connectivity index (χ0) is 34.0. The molecule has 48 heavy (non-hydrogen) atoms. The van der Waals surface area contributed by atoms with Gasteiger partial charge in [-0.3, -0.25) is 24.1 Å². The van der Waals surface area contributed by atoms with Crippen molar-refractivity contribution in [3.63, 3.8) is 0 Å². The summed E-state index contributed by atoms with van der Waals surface area (Å²) in [7, 11) is -2.68. The maximum atomic E-state index is 13.3.